The summed E-state index contributed by atoms with van der Waals surface area (Å²) in [4.78, 5) is 58.2. The zero-order valence-corrected chi connectivity index (χ0v) is 15.9. The smallest absolute Gasteiger partial charge is 0.326 e. The SMILES string of the molecule is CC(N)C(=O)NC(Cc1ccccc1)C(=O)NCC(=O)NC(CC(N)=O)C(=O)O. The number of aliphatic carboxylic acids is 1. The van der Waals surface area contributed by atoms with E-state index in [2.05, 4.69) is 16.0 Å². The second-order valence-corrected chi connectivity index (χ2v) is 6.39. The number of carbonyl (C=O) groups excluding carboxylic acids is 4. The van der Waals surface area contributed by atoms with E-state index >= 15 is 0 Å². The Hall–Kier alpha value is -3.47. The van der Waals surface area contributed by atoms with Gasteiger partial charge in [-0.1, -0.05) is 30.3 Å². The number of carboxylic acids is 1. The van der Waals surface area contributed by atoms with Crippen molar-refractivity contribution in [2.75, 3.05) is 6.54 Å². The van der Waals surface area contributed by atoms with Crippen molar-refractivity contribution in [3.63, 3.8) is 0 Å². The standard InChI is InChI=1S/C18H25N5O6/c1-10(19)16(26)23-12(7-11-5-3-2-4-6-11)17(27)21-9-15(25)22-13(18(28)29)8-14(20)24/h2-6,10,12-13H,7-9,19H2,1H3,(H2,20,24)(H,21,27)(H,22,25)(H,23,26)(H,28,29). The van der Waals surface area contributed by atoms with Gasteiger partial charge in [-0.15, -0.1) is 0 Å². The Morgan fingerprint density at radius 1 is 1.00 bits per heavy atom. The number of carbonyl (C=O) groups is 5. The summed E-state index contributed by atoms with van der Waals surface area (Å²) >= 11 is 0. The largest absolute Gasteiger partial charge is 0.480 e. The molecule has 11 heteroatoms. The van der Waals surface area contributed by atoms with E-state index in [1.807, 2.05) is 0 Å². The van der Waals surface area contributed by atoms with Crippen molar-refractivity contribution in [1.29, 1.82) is 0 Å². The van der Waals surface area contributed by atoms with Gasteiger partial charge in [0.05, 0.1) is 19.0 Å². The first-order valence-corrected chi connectivity index (χ1v) is 8.78. The zero-order valence-electron chi connectivity index (χ0n) is 15.9. The average molecular weight is 407 g/mol. The highest BCUT2D eigenvalue weighted by Crippen LogP contribution is 2.04. The number of hydrogen-bond donors (Lipinski definition) is 6. The van der Waals surface area contributed by atoms with Gasteiger partial charge in [0.25, 0.3) is 0 Å². The lowest BCUT2D eigenvalue weighted by atomic mass is 10.0. The molecule has 1 aromatic rings. The van der Waals surface area contributed by atoms with Crippen molar-refractivity contribution >= 4 is 29.6 Å². The van der Waals surface area contributed by atoms with Crippen molar-refractivity contribution in [2.45, 2.75) is 37.9 Å². The molecule has 0 fully saturated rings. The lowest BCUT2D eigenvalue weighted by molar-refractivity contribution is -0.143. The molecular weight excluding hydrogens is 382 g/mol. The second kappa shape index (κ2) is 11.4. The molecule has 0 saturated heterocycles. The van der Waals surface area contributed by atoms with Gasteiger partial charge in [0, 0.05) is 6.42 Å². The normalized spacial score (nSPS) is 13.4. The van der Waals surface area contributed by atoms with Gasteiger partial charge in [0.1, 0.15) is 12.1 Å². The highest BCUT2D eigenvalue weighted by atomic mass is 16.4. The molecule has 0 aliphatic carbocycles. The van der Waals surface area contributed by atoms with Gasteiger partial charge in [0.2, 0.25) is 23.6 Å². The average Bonchev–Trinajstić information content (AvgIpc) is 2.65. The zero-order chi connectivity index (χ0) is 22.0. The van der Waals surface area contributed by atoms with E-state index in [0.29, 0.717) is 0 Å². The maximum atomic E-state index is 12.5. The fourth-order valence-electron chi connectivity index (χ4n) is 2.30. The van der Waals surface area contributed by atoms with E-state index in [4.69, 9.17) is 16.6 Å². The molecule has 3 atom stereocenters. The highest BCUT2D eigenvalue weighted by molar-refractivity contribution is 5.93. The van der Waals surface area contributed by atoms with Crippen LogP contribution >= 0.6 is 0 Å². The van der Waals surface area contributed by atoms with Gasteiger partial charge >= 0.3 is 5.97 Å². The van der Waals surface area contributed by atoms with E-state index in [-0.39, 0.29) is 6.42 Å². The third-order valence-corrected chi connectivity index (χ3v) is 3.79. The molecule has 158 valence electrons. The second-order valence-electron chi connectivity index (χ2n) is 6.39. The Morgan fingerprint density at radius 3 is 2.14 bits per heavy atom. The maximum Gasteiger partial charge on any atom is 0.326 e. The summed E-state index contributed by atoms with van der Waals surface area (Å²) in [5, 5.41) is 15.9. The first-order valence-electron chi connectivity index (χ1n) is 8.78. The Kier molecular flexibility index (Phi) is 9.26. The number of primary amides is 1. The fourth-order valence-corrected chi connectivity index (χ4v) is 2.30. The van der Waals surface area contributed by atoms with Gasteiger partial charge < -0.3 is 32.5 Å². The number of amides is 4. The molecule has 0 heterocycles. The quantitative estimate of drug-likeness (QED) is 0.236. The summed E-state index contributed by atoms with van der Waals surface area (Å²) in [5.41, 5.74) is 11.2. The van der Waals surface area contributed by atoms with Gasteiger partial charge in [-0.2, -0.15) is 0 Å². The molecule has 1 aromatic carbocycles. The molecule has 0 aliphatic rings. The molecule has 1 rings (SSSR count). The Bertz CT molecular complexity index is 752. The molecule has 0 radical (unpaired) electrons. The maximum absolute atomic E-state index is 12.5. The van der Waals surface area contributed by atoms with Gasteiger partial charge in [-0.25, -0.2) is 4.79 Å². The number of carboxylic acid groups (broad SMARTS) is 1. The number of benzene rings is 1. The minimum Gasteiger partial charge on any atom is -0.480 e. The summed E-state index contributed by atoms with van der Waals surface area (Å²) in [7, 11) is 0. The van der Waals surface area contributed by atoms with Crippen molar-refractivity contribution in [3.8, 4) is 0 Å². The van der Waals surface area contributed by atoms with Crippen molar-refractivity contribution in [1.82, 2.24) is 16.0 Å². The van der Waals surface area contributed by atoms with Crippen LogP contribution in [0.15, 0.2) is 30.3 Å². The van der Waals surface area contributed by atoms with Gasteiger partial charge in [-0.05, 0) is 12.5 Å². The van der Waals surface area contributed by atoms with Crippen LogP contribution in [0.1, 0.15) is 18.9 Å². The minimum atomic E-state index is -1.50. The van der Waals surface area contributed by atoms with Crippen LogP contribution in [0.25, 0.3) is 0 Å². The summed E-state index contributed by atoms with van der Waals surface area (Å²) in [6.45, 7) is 0.908. The Labute approximate surface area is 167 Å². The Morgan fingerprint density at radius 2 is 1.62 bits per heavy atom. The number of rotatable bonds is 11. The van der Waals surface area contributed by atoms with E-state index < -0.39 is 60.7 Å². The summed E-state index contributed by atoms with van der Waals surface area (Å²) < 4.78 is 0. The molecule has 4 amide bonds. The highest BCUT2D eigenvalue weighted by Gasteiger charge is 2.25. The summed E-state index contributed by atoms with van der Waals surface area (Å²) in [6, 6.07) is 5.55. The number of nitrogens with two attached hydrogens (primary N) is 2. The van der Waals surface area contributed by atoms with Crippen LogP contribution in [-0.2, 0) is 30.4 Å². The predicted octanol–water partition coefficient (Wildman–Crippen LogP) is -2.38. The van der Waals surface area contributed by atoms with E-state index in [9.17, 15) is 24.0 Å². The van der Waals surface area contributed by atoms with Gasteiger partial charge in [0.15, 0.2) is 0 Å². The molecule has 29 heavy (non-hydrogen) atoms. The van der Waals surface area contributed by atoms with Crippen LogP contribution in [-0.4, -0.2) is 59.4 Å². The van der Waals surface area contributed by atoms with Crippen LogP contribution in [0.4, 0.5) is 0 Å². The number of nitrogens with one attached hydrogen (secondary N) is 3. The Balaban J connectivity index is 2.72. The first kappa shape index (κ1) is 23.6. The lowest BCUT2D eigenvalue weighted by Gasteiger charge is -2.20. The molecule has 0 bridgehead atoms. The van der Waals surface area contributed by atoms with E-state index in [0.717, 1.165) is 5.56 Å². The van der Waals surface area contributed by atoms with Crippen LogP contribution in [0.3, 0.4) is 0 Å². The molecule has 11 nitrogen and oxygen atoms in total. The summed E-state index contributed by atoms with van der Waals surface area (Å²) in [5.74, 6) is -4.36. The molecule has 0 saturated carbocycles. The van der Waals surface area contributed by atoms with Crippen LogP contribution < -0.4 is 27.4 Å². The van der Waals surface area contributed by atoms with E-state index in [1.54, 1.807) is 30.3 Å². The topological polar surface area (TPSA) is 194 Å². The molecular formula is C18H25N5O6. The predicted molar refractivity (Wildman–Crippen MR) is 102 cm³/mol. The first-order chi connectivity index (χ1) is 13.6. The third-order valence-electron chi connectivity index (χ3n) is 3.79. The van der Waals surface area contributed by atoms with E-state index in [1.165, 1.54) is 6.92 Å². The summed E-state index contributed by atoms with van der Waals surface area (Å²) in [6.07, 6.45) is -0.428. The lowest BCUT2D eigenvalue weighted by Crippen LogP contribution is -2.54. The molecule has 3 unspecified atom stereocenters. The third kappa shape index (κ3) is 8.84. The number of hydrogen-bond acceptors (Lipinski definition) is 6. The van der Waals surface area contributed by atoms with Crippen molar-refractivity contribution in [3.05, 3.63) is 35.9 Å². The van der Waals surface area contributed by atoms with Crippen molar-refractivity contribution < 1.29 is 29.1 Å². The minimum absolute atomic E-state index is 0.159. The van der Waals surface area contributed by atoms with Crippen molar-refractivity contribution in [2.24, 2.45) is 11.5 Å². The van der Waals surface area contributed by atoms with Crippen LogP contribution in [0.5, 0.6) is 0 Å². The molecule has 0 aliphatic heterocycles. The molecule has 0 aromatic heterocycles. The monoisotopic (exact) mass is 407 g/mol. The fraction of sp³-hybridized carbons (Fsp3) is 0.389. The van der Waals surface area contributed by atoms with Gasteiger partial charge in [-0.3, -0.25) is 19.2 Å². The van der Waals surface area contributed by atoms with Crippen LogP contribution in [0, 0.1) is 0 Å². The molecule has 0 spiro atoms. The molecule has 8 N–H and O–H groups in total. The van der Waals surface area contributed by atoms with Crippen LogP contribution in [0.2, 0.25) is 0 Å².